The molecule has 6 nitrogen and oxygen atoms in total. The Morgan fingerprint density at radius 3 is 2.44 bits per heavy atom. The van der Waals surface area contributed by atoms with Crippen molar-refractivity contribution in [3.05, 3.63) is 88.6 Å². The zero-order valence-corrected chi connectivity index (χ0v) is 20.5. The van der Waals surface area contributed by atoms with Gasteiger partial charge in [0, 0.05) is 16.9 Å². The molecule has 4 aromatic rings. The number of pyridine rings is 1. The van der Waals surface area contributed by atoms with E-state index in [0.717, 1.165) is 45.5 Å². The molecule has 6 rings (SSSR count). The van der Waals surface area contributed by atoms with Crippen LogP contribution in [-0.2, 0) is 11.3 Å². The molecule has 0 N–H and O–H groups in total. The largest absolute Gasteiger partial charge is 0.493 e. The van der Waals surface area contributed by atoms with Gasteiger partial charge in [-0.05, 0) is 65.1 Å². The van der Waals surface area contributed by atoms with Gasteiger partial charge in [0.15, 0.2) is 18.3 Å². The number of rotatable bonds is 5. The van der Waals surface area contributed by atoms with E-state index >= 15 is 0 Å². The van der Waals surface area contributed by atoms with Gasteiger partial charge in [-0.3, -0.25) is 0 Å². The van der Waals surface area contributed by atoms with E-state index in [1.807, 2.05) is 24.3 Å². The predicted molar refractivity (Wildman–Crippen MR) is 139 cm³/mol. The number of aromatic nitrogens is 1. The van der Waals surface area contributed by atoms with E-state index in [9.17, 15) is 0 Å². The summed E-state index contributed by atoms with van der Waals surface area (Å²) in [5.74, 6) is 2.79. The molecule has 0 fully saturated rings. The van der Waals surface area contributed by atoms with Crippen molar-refractivity contribution in [1.29, 1.82) is 0 Å². The molecule has 6 heteroatoms. The molecule has 0 saturated carbocycles. The molecular weight excluding hydrogens is 454 g/mol. The van der Waals surface area contributed by atoms with E-state index in [1.54, 1.807) is 21.3 Å². The number of methoxy groups -OCH3 is 3. The molecule has 1 aliphatic carbocycles. The second-order valence-electron chi connectivity index (χ2n) is 8.93. The summed E-state index contributed by atoms with van der Waals surface area (Å²) in [6.45, 7) is 0.808. The number of allylic oxidation sites excluding steroid dienone is 1. The highest BCUT2D eigenvalue weighted by Crippen LogP contribution is 2.47. The summed E-state index contributed by atoms with van der Waals surface area (Å²) in [6, 6.07) is 20.8. The van der Waals surface area contributed by atoms with Crippen molar-refractivity contribution in [2.75, 3.05) is 28.1 Å². The maximum absolute atomic E-state index is 5.81. The summed E-state index contributed by atoms with van der Waals surface area (Å²) < 4.78 is 28.3. The van der Waals surface area contributed by atoms with Crippen molar-refractivity contribution in [1.82, 2.24) is 4.98 Å². The van der Waals surface area contributed by atoms with Gasteiger partial charge in [0.25, 0.3) is 0 Å². The first kappa shape index (κ1) is 22.4. The van der Waals surface area contributed by atoms with Gasteiger partial charge in [-0.1, -0.05) is 30.3 Å². The topological polar surface area (TPSA) is 59.0 Å². The number of hydrogen-bond donors (Lipinski definition) is 0. The lowest BCUT2D eigenvalue weighted by molar-refractivity contribution is -0.0169. The molecule has 0 amide bonds. The lowest BCUT2D eigenvalue weighted by Crippen LogP contribution is -2.17. The Kier molecular flexibility index (Phi) is 5.74. The van der Waals surface area contributed by atoms with E-state index < -0.39 is 0 Å². The molecular formula is C30H27NO5. The number of para-hydroxylation sites is 1. The third-order valence-corrected chi connectivity index (χ3v) is 7.02. The minimum Gasteiger partial charge on any atom is -0.493 e. The molecule has 0 spiro atoms. The molecule has 0 saturated heterocycles. The van der Waals surface area contributed by atoms with Crippen LogP contribution in [0.4, 0.5) is 0 Å². The third kappa shape index (κ3) is 3.74. The third-order valence-electron chi connectivity index (χ3n) is 7.02. The van der Waals surface area contributed by atoms with Crippen LogP contribution in [0.5, 0.6) is 23.0 Å². The van der Waals surface area contributed by atoms with Crippen LogP contribution in [0.25, 0.3) is 22.6 Å². The summed E-state index contributed by atoms with van der Waals surface area (Å²) in [4.78, 5) is 5.07. The van der Waals surface area contributed by atoms with Gasteiger partial charge in [0.1, 0.15) is 5.75 Å². The highest BCUT2D eigenvalue weighted by atomic mass is 16.7. The number of benzene rings is 3. The van der Waals surface area contributed by atoms with Crippen LogP contribution in [0.15, 0.2) is 60.7 Å². The lowest BCUT2D eigenvalue weighted by atomic mass is 9.77. The van der Waals surface area contributed by atoms with Gasteiger partial charge >= 0.3 is 0 Å². The van der Waals surface area contributed by atoms with E-state index in [0.29, 0.717) is 23.9 Å². The maximum atomic E-state index is 5.81. The fraction of sp³-hybridized carbons (Fsp3) is 0.233. The molecule has 1 aromatic heterocycles. The molecule has 1 aliphatic heterocycles. The molecule has 2 heterocycles. The van der Waals surface area contributed by atoms with Gasteiger partial charge in [-0.25, -0.2) is 4.98 Å². The van der Waals surface area contributed by atoms with Crippen LogP contribution in [0, 0.1) is 0 Å². The van der Waals surface area contributed by atoms with Gasteiger partial charge in [0.05, 0.1) is 39.1 Å². The smallest absolute Gasteiger partial charge is 0.203 e. The van der Waals surface area contributed by atoms with Crippen molar-refractivity contribution < 1.29 is 23.7 Å². The summed E-state index contributed by atoms with van der Waals surface area (Å²) in [5.41, 5.74) is 7.58. The van der Waals surface area contributed by atoms with Crippen molar-refractivity contribution in [3.63, 3.8) is 0 Å². The Balaban J connectivity index is 1.56. The van der Waals surface area contributed by atoms with Gasteiger partial charge in [0.2, 0.25) is 5.75 Å². The molecule has 3 aromatic carbocycles. The van der Waals surface area contributed by atoms with Crippen molar-refractivity contribution in [2.45, 2.75) is 18.9 Å². The lowest BCUT2D eigenvalue weighted by Gasteiger charge is -2.30. The monoisotopic (exact) mass is 481 g/mol. The molecule has 1 unspecified atom stereocenters. The Bertz CT molecular complexity index is 1470. The van der Waals surface area contributed by atoms with Crippen LogP contribution in [0.2, 0.25) is 0 Å². The second kappa shape index (κ2) is 9.21. The fourth-order valence-corrected chi connectivity index (χ4v) is 5.29. The number of ether oxygens (including phenoxy) is 5. The Labute approximate surface area is 210 Å². The van der Waals surface area contributed by atoms with Crippen molar-refractivity contribution in [3.8, 4) is 23.0 Å². The zero-order valence-electron chi connectivity index (χ0n) is 20.5. The molecule has 2 aliphatic rings. The molecule has 36 heavy (non-hydrogen) atoms. The molecule has 182 valence electrons. The van der Waals surface area contributed by atoms with E-state index in [-0.39, 0.29) is 12.7 Å². The average molecular weight is 482 g/mol. The maximum Gasteiger partial charge on any atom is 0.203 e. The van der Waals surface area contributed by atoms with Crippen LogP contribution >= 0.6 is 0 Å². The quantitative estimate of drug-likeness (QED) is 0.338. The average Bonchev–Trinajstić information content (AvgIpc) is 2.94. The first-order valence-electron chi connectivity index (χ1n) is 11.9. The standard InChI is InChI=1S/C30H27NO5/c1-32-28-14-20(15-29(33-2)30(28)34-3)19-12-22(21-8-6-10-27-24(21)16-35-17-36-27)23-11-18-7-4-5-9-25(18)31-26(23)13-19/h4-11,13-15,22H,12,16-17H2,1-3H3. The number of fused-ring (bicyclic) bond motifs is 3. The Morgan fingerprint density at radius 2 is 1.67 bits per heavy atom. The minimum atomic E-state index is 0.0800. The minimum absolute atomic E-state index is 0.0800. The van der Waals surface area contributed by atoms with Crippen LogP contribution in [0.1, 0.15) is 40.3 Å². The van der Waals surface area contributed by atoms with Gasteiger partial charge in [-0.15, -0.1) is 0 Å². The normalized spacial score (nSPS) is 16.4. The summed E-state index contributed by atoms with van der Waals surface area (Å²) in [6.07, 6.45) is 2.96. The van der Waals surface area contributed by atoms with Crippen LogP contribution < -0.4 is 18.9 Å². The Hall–Kier alpha value is -4.03. The molecule has 0 bridgehead atoms. The summed E-state index contributed by atoms with van der Waals surface area (Å²) in [7, 11) is 4.89. The van der Waals surface area contributed by atoms with Crippen LogP contribution in [-0.4, -0.2) is 33.1 Å². The summed E-state index contributed by atoms with van der Waals surface area (Å²) in [5, 5.41) is 1.13. The fourth-order valence-electron chi connectivity index (χ4n) is 5.29. The van der Waals surface area contributed by atoms with Crippen LogP contribution in [0.3, 0.4) is 0 Å². The first-order valence-corrected chi connectivity index (χ1v) is 11.9. The molecule has 1 atom stereocenters. The number of nitrogens with zero attached hydrogens (tertiary/aromatic N) is 1. The first-order chi connectivity index (χ1) is 17.7. The number of hydrogen-bond acceptors (Lipinski definition) is 6. The second-order valence-corrected chi connectivity index (χ2v) is 8.93. The summed E-state index contributed by atoms with van der Waals surface area (Å²) >= 11 is 0. The molecule has 0 radical (unpaired) electrons. The van der Waals surface area contributed by atoms with Crippen molar-refractivity contribution in [2.24, 2.45) is 0 Å². The zero-order chi connectivity index (χ0) is 24.6. The Morgan fingerprint density at radius 1 is 0.861 bits per heavy atom. The predicted octanol–water partition coefficient (Wildman–Crippen LogP) is 6.20. The van der Waals surface area contributed by atoms with E-state index in [4.69, 9.17) is 28.7 Å². The highest BCUT2D eigenvalue weighted by Gasteiger charge is 2.30. The van der Waals surface area contributed by atoms with E-state index in [1.165, 1.54) is 11.1 Å². The van der Waals surface area contributed by atoms with Gasteiger partial charge < -0.3 is 23.7 Å². The highest BCUT2D eigenvalue weighted by molar-refractivity contribution is 5.90. The van der Waals surface area contributed by atoms with Crippen molar-refractivity contribution >= 4 is 22.6 Å². The van der Waals surface area contributed by atoms with E-state index in [2.05, 4.69) is 42.5 Å². The SMILES string of the molecule is COc1cc(C2=Cc3nc4ccccc4cc3C(c3cccc4c3COCO4)C2)cc(OC)c1OC. The van der Waals surface area contributed by atoms with Gasteiger partial charge in [-0.2, -0.15) is 0 Å².